The second-order valence-corrected chi connectivity index (χ2v) is 5.51. The van der Waals surface area contributed by atoms with Crippen molar-refractivity contribution in [3.8, 4) is 0 Å². The summed E-state index contributed by atoms with van der Waals surface area (Å²) in [6.07, 6.45) is 0. The molecule has 0 fully saturated rings. The van der Waals surface area contributed by atoms with Crippen molar-refractivity contribution in [2.75, 3.05) is 7.11 Å². The number of hydrogen-bond donors (Lipinski definition) is 0. The molecule has 0 atom stereocenters. The number of methoxy groups -OCH3 is 1. The molecule has 118 valence electrons. The van der Waals surface area contributed by atoms with Crippen LogP contribution in [0.2, 0.25) is 0 Å². The van der Waals surface area contributed by atoms with E-state index in [1.54, 1.807) is 18.2 Å². The highest BCUT2D eigenvalue weighted by molar-refractivity contribution is 5.86. The lowest BCUT2D eigenvalue weighted by Crippen LogP contribution is -2.12. The number of aromatic nitrogens is 1. The molecule has 0 aliphatic rings. The van der Waals surface area contributed by atoms with E-state index in [4.69, 9.17) is 4.42 Å². The van der Waals surface area contributed by atoms with Crippen molar-refractivity contribution in [3.05, 3.63) is 69.4 Å². The number of esters is 1. The van der Waals surface area contributed by atoms with Crippen molar-refractivity contribution in [1.29, 1.82) is 0 Å². The molecule has 0 radical (unpaired) electrons. The fourth-order valence-electron chi connectivity index (χ4n) is 2.66. The lowest BCUT2D eigenvalue weighted by Gasteiger charge is -2.13. The highest BCUT2D eigenvalue weighted by atomic mass is 16.5. The fourth-order valence-corrected chi connectivity index (χ4v) is 2.66. The highest BCUT2D eigenvalue weighted by Gasteiger charge is 2.13. The molecule has 0 amide bonds. The number of nitrogens with zero attached hydrogens (tertiary/aromatic N) is 1. The molecule has 0 aliphatic carbocycles. The Balaban J connectivity index is 2.08. The minimum atomic E-state index is -0.506. The molecule has 3 rings (SSSR count). The summed E-state index contributed by atoms with van der Waals surface area (Å²) in [4.78, 5) is 23.7. The SMILES string of the molecule is COC(=O)c1ccc(Cn2c(C)cc(=O)c3cc(C)ccc32)o1. The van der Waals surface area contributed by atoms with Crippen LogP contribution in [0.3, 0.4) is 0 Å². The molecule has 23 heavy (non-hydrogen) atoms. The third-order valence-corrected chi connectivity index (χ3v) is 3.84. The summed E-state index contributed by atoms with van der Waals surface area (Å²) >= 11 is 0. The normalized spacial score (nSPS) is 10.9. The van der Waals surface area contributed by atoms with Crippen molar-refractivity contribution in [3.63, 3.8) is 0 Å². The average Bonchev–Trinajstić information content (AvgIpc) is 2.99. The van der Waals surface area contributed by atoms with Gasteiger partial charge in [-0.1, -0.05) is 11.6 Å². The van der Waals surface area contributed by atoms with E-state index in [2.05, 4.69) is 4.74 Å². The number of pyridine rings is 1. The number of carbonyl (C=O) groups excluding carboxylic acids is 1. The maximum Gasteiger partial charge on any atom is 0.373 e. The predicted molar refractivity (Wildman–Crippen MR) is 86.8 cm³/mol. The van der Waals surface area contributed by atoms with Crippen LogP contribution in [0.25, 0.3) is 10.9 Å². The number of fused-ring (bicyclic) bond motifs is 1. The van der Waals surface area contributed by atoms with Crippen molar-refractivity contribution in [2.45, 2.75) is 20.4 Å². The molecular weight excluding hydrogens is 294 g/mol. The number of furan rings is 1. The molecule has 2 heterocycles. The van der Waals surface area contributed by atoms with E-state index in [1.807, 2.05) is 36.6 Å². The van der Waals surface area contributed by atoms with Crippen LogP contribution >= 0.6 is 0 Å². The van der Waals surface area contributed by atoms with E-state index < -0.39 is 5.97 Å². The Morgan fingerprint density at radius 2 is 1.96 bits per heavy atom. The third kappa shape index (κ3) is 2.77. The summed E-state index contributed by atoms with van der Waals surface area (Å²) < 4.78 is 12.2. The van der Waals surface area contributed by atoms with Gasteiger partial charge in [0.1, 0.15) is 5.76 Å². The number of ether oxygens (including phenoxy) is 1. The van der Waals surface area contributed by atoms with Gasteiger partial charge in [0.25, 0.3) is 0 Å². The molecule has 5 nitrogen and oxygen atoms in total. The molecule has 1 aromatic carbocycles. The molecule has 0 saturated carbocycles. The molecule has 0 unspecified atom stereocenters. The molecule has 5 heteroatoms. The number of rotatable bonds is 3. The van der Waals surface area contributed by atoms with Crippen LogP contribution in [0, 0.1) is 13.8 Å². The van der Waals surface area contributed by atoms with Gasteiger partial charge < -0.3 is 13.7 Å². The largest absolute Gasteiger partial charge is 0.463 e. The molecule has 0 saturated heterocycles. The van der Waals surface area contributed by atoms with Crippen LogP contribution in [0.1, 0.15) is 27.6 Å². The second kappa shape index (κ2) is 5.76. The van der Waals surface area contributed by atoms with Crippen LogP contribution in [0.4, 0.5) is 0 Å². The Kier molecular flexibility index (Phi) is 3.78. The Morgan fingerprint density at radius 1 is 1.17 bits per heavy atom. The van der Waals surface area contributed by atoms with Crippen molar-refractivity contribution in [1.82, 2.24) is 4.57 Å². The lowest BCUT2D eigenvalue weighted by atomic mass is 10.1. The van der Waals surface area contributed by atoms with E-state index in [0.29, 0.717) is 17.7 Å². The maximum atomic E-state index is 12.2. The Morgan fingerprint density at radius 3 is 2.70 bits per heavy atom. The molecule has 2 aromatic heterocycles. The van der Waals surface area contributed by atoms with Gasteiger partial charge in [-0.25, -0.2) is 4.79 Å². The zero-order valence-corrected chi connectivity index (χ0v) is 13.3. The summed E-state index contributed by atoms with van der Waals surface area (Å²) in [5, 5.41) is 0.676. The number of carbonyl (C=O) groups is 1. The van der Waals surface area contributed by atoms with E-state index in [-0.39, 0.29) is 11.2 Å². The minimum absolute atomic E-state index is 0.00662. The van der Waals surface area contributed by atoms with Gasteiger partial charge in [0, 0.05) is 17.1 Å². The smallest absolute Gasteiger partial charge is 0.373 e. The number of aryl methyl sites for hydroxylation is 2. The molecule has 0 N–H and O–H groups in total. The van der Waals surface area contributed by atoms with Gasteiger partial charge in [-0.3, -0.25) is 4.79 Å². The minimum Gasteiger partial charge on any atom is -0.463 e. The van der Waals surface area contributed by atoms with Crippen molar-refractivity contribution < 1.29 is 13.9 Å². The number of benzene rings is 1. The molecule has 0 spiro atoms. The van der Waals surface area contributed by atoms with Gasteiger partial charge in [-0.2, -0.15) is 0 Å². The van der Waals surface area contributed by atoms with Crippen LogP contribution in [0.5, 0.6) is 0 Å². The maximum absolute atomic E-state index is 12.2. The van der Waals surface area contributed by atoms with E-state index >= 15 is 0 Å². The summed E-state index contributed by atoms with van der Waals surface area (Å²) in [6, 6.07) is 10.7. The van der Waals surface area contributed by atoms with Gasteiger partial charge in [0.2, 0.25) is 5.76 Å². The zero-order chi connectivity index (χ0) is 16.6. The van der Waals surface area contributed by atoms with Crippen LogP contribution in [-0.4, -0.2) is 17.6 Å². The lowest BCUT2D eigenvalue weighted by molar-refractivity contribution is 0.0563. The summed E-state index contributed by atoms with van der Waals surface area (Å²) in [5.41, 5.74) is 2.72. The first kappa shape index (κ1) is 15.1. The summed E-state index contributed by atoms with van der Waals surface area (Å²) in [5.74, 6) is 0.286. The molecular formula is C18H17NO4. The third-order valence-electron chi connectivity index (χ3n) is 3.84. The quantitative estimate of drug-likeness (QED) is 0.698. The van der Waals surface area contributed by atoms with Gasteiger partial charge in [-0.15, -0.1) is 0 Å². The van der Waals surface area contributed by atoms with Gasteiger partial charge in [-0.05, 0) is 38.1 Å². The van der Waals surface area contributed by atoms with Gasteiger partial charge >= 0.3 is 5.97 Å². The molecule has 3 aromatic rings. The van der Waals surface area contributed by atoms with Gasteiger partial charge in [0.15, 0.2) is 5.43 Å². The summed E-state index contributed by atoms with van der Waals surface area (Å²) in [6.45, 7) is 4.27. The summed E-state index contributed by atoms with van der Waals surface area (Å²) in [7, 11) is 1.31. The Bertz CT molecular complexity index is 949. The van der Waals surface area contributed by atoms with Crippen molar-refractivity contribution >= 4 is 16.9 Å². The second-order valence-electron chi connectivity index (χ2n) is 5.51. The Hall–Kier alpha value is -2.82. The molecule has 0 bridgehead atoms. The number of hydrogen-bond acceptors (Lipinski definition) is 4. The molecule has 0 aliphatic heterocycles. The monoisotopic (exact) mass is 311 g/mol. The zero-order valence-electron chi connectivity index (χ0n) is 13.3. The topological polar surface area (TPSA) is 61.4 Å². The van der Waals surface area contributed by atoms with E-state index in [1.165, 1.54) is 7.11 Å². The first-order valence-corrected chi connectivity index (χ1v) is 7.27. The van der Waals surface area contributed by atoms with E-state index in [9.17, 15) is 9.59 Å². The highest BCUT2D eigenvalue weighted by Crippen LogP contribution is 2.18. The van der Waals surface area contributed by atoms with E-state index in [0.717, 1.165) is 16.8 Å². The van der Waals surface area contributed by atoms with Crippen LogP contribution in [-0.2, 0) is 11.3 Å². The predicted octanol–water partition coefficient (Wildman–Crippen LogP) is 3.05. The Labute approximate surface area is 133 Å². The van der Waals surface area contributed by atoms with Gasteiger partial charge in [0.05, 0.1) is 19.2 Å². The standard InChI is InChI=1S/C18H17NO4/c1-11-4-6-15-14(8-11)16(20)9-12(2)19(15)10-13-5-7-17(23-13)18(21)22-3/h4-9H,10H2,1-3H3. The fraction of sp³-hybridized carbons (Fsp3) is 0.222. The first-order valence-electron chi connectivity index (χ1n) is 7.27. The average molecular weight is 311 g/mol. The van der Waals surface area contributed by atoms with Crippen molar-refractivity contribution in [2.24, 2.45) is 0 Å². The van der Waals surface area contributed by atoms with Crippen LogP contribution in [0.15, 0.2) is 45.6 Å². The van der Waals surface area contributed by atoms with Crippen LogP contribution < -0.4 is 5.43 Å². The first-order chi connectivity index (χ1) is 11.0.